The molecular weight excluding hydrogens is 435 g/mol. The lowest BCUT2D eigenvalue weighted by Gasteiger charge is -2.17. The maximum Gasteiger partial charge on any atom is 0.341 e. The molecule has 7 nitrogen and oxygen atoms in total. The summed E-state index contributed by atoms with van der Waals surface area (Å²) in [4.78, 5) is 36.9. The standard InChI is InChI=1S/C23H23FN2O5S/c1-5-30-23(29)18-17-11-6-12(2)19(20(17)32-22(18)25-14(4)27)31-13(3)21(28)26-16-9-7-15(24)8-10-16/h6-11,13H,5H2,1-4H3,(H,25,27)(H,26,28)/t13-/m0/s1. The number of esters is 1. The third kappa shape index (κ3) is 5.05. The summed E-state index contributed by atoms with van der Waals surface area (Å²) in [5.74, 6) is -1.28. The van der Waals surface area contributed by atoms with Gasteiger partial charge in [-0.3, -0.25) is 9.59 Å². The zero-order chi connectivity index (χ0) is 23.4. The molecule has 0 aliphatic heterocycles. The summed E-state index contributed by atoms with van der Waals surface area (Å²) in [6.07, 6.45) is -0.887. The molecule has 3 rings (SSSR count). The molecule has 2 aromatic carbocycles. The van der Waals surface area contributed by atoms with E-state index in [2.05, 4.69) is 10.6 Å². The summed E-state index contributed by atoms with van der Waals surface area (Å²) in [6.45, 7) is 6.65. The van der Waals surface area contributed by atoms with Gasteiger partial charge in [0.1, 0.15) is 22.1 Å². The molecule has 0 unspecified atom stereocenters. The quantitative estimate of drug-likeness (QED) is 0.492. The summed E-state index contributed by atoms with van der Waals surface area (Å²) >= 11 is 1.18. The smallest absolute Gasteiger partial charge is 0.341 e. The summed E-state index contributed by atoms with van der Waals surface area (Å²) < 4.78 is 24.9. The van der Waals surface area contributed by atoms with Crippen LogP contribution in [0.25, 0.3) is 10.1 Å². The third-order valence-corrected chi connectivity index (χ3v) is 5.67. The number of amides is 2. The van der Waals surface area contributed by atoms with Crippen LogP contribution in [0.5, 0.6) is 5.75 Å². The van der Waals surface area contributed by atoms with Crippen LogP contribution in [0, 0.1) is 12.7 Å². The lowest BCUT2D eigenvalue weighted by Crippen LogP contribution is -2.30. The highest BCUT2D eigenvalue weighted by Crippen LogP contribution is 2.43. The zero-order valence-electron chi connectivity index (χ0n) is 18.1. The molecule has 168 valence electrons. The van der Waals surface area contributed by atoms with E-state index in [9.17, 15) is 18.8 Å². The van der Waals surface area contributed by atoms with Gasteiger partial charge in [0.05, 0.1) is 11.3 Å². The Morgan fingerprint density at radius 1 is 1.09 bits per heavy atom. The highest BCUT2D eigenvalue weighted by molar-refractivity contribution is 7.24. The minimum atomic E-state index is -0.887. The van der Waals surface area contributed by atoms with Crippen molar-refractivity contribution in [3.8, 4) is 5.75 Å². The Labute approximate surface area is 188 Å². The van der Waals surface area contributed by atoms with Gasteiger partial charge in [-0.2, -0.15) is 0 Å². The van der Waals surface area contributed by atoms with Gasteiger partial charge in [-0.15, -0.1) is 11.3 Å². The molecule has 0 fully saturated rings. The fraction of sp³-hybridized carbons (Fsp3) is 0.261. The first-order valence-corrected chi connectivity index (χ1v) is 10.8. The van der Waals surface area contributed by atoms with E-state index in [0.717, 1.165) is 5.56 Å². The van der Waals surface area contributed by atoms with Crippen LogP contribution in [0.1, 0.15) is 36.7 Å². The largest absolute Gasteiger partial charge is 0.479 e. The van der Waals surface area contributed by atoms with Gasteiger partial charge in [-0.05, 0) is 50.6 Å². The average Bonchev–Trinajstić information content (AvgIpc) is 3.09. The van der Waals surface area contributed by atoms with Gasteiger partial charge in [0.2, 0.25) is 5.91 Å². The van der Waals surface area contributed by atoms with Crippen LogP contribution in [0.4, 0.5) is 15.1 Å². The number of halogens is 1. The number of fused-ring (bicyclic) bond motifs is 1. The van der Waals surface area contributed by atoms with Gasteiger partial charge in [0.15, 0.2) is 6.10 Å². The van der Waals surface area contributed by atoms with Crippen molar-refractivity contribution in [1.29, 1.82) is 0 Å². The van der Waals surface area contributed by atoms with Crippen LogP contribution in [0.15, 0.2) is 36.4 Å². The number of hydrogen-bond donors (Lipinski definition) is 2. The Morgan fingerprint density at radius 2 is 1.78 bits per heavy atom. The van der Waals surface area contributed by atoms with Crippen LogP contribution in [-0.4, -0.2) is 30.5 Å². The first kappa shape index (κ1) is 23.2. The van der Waals surface area contributed by atoms with Crippen molar-refractivity contribution in [3.05, 3.63) is 53.3 Å². The van der Waals surface area contributed by atoms with E-state index in [0.29, 0.717) is 26.5 Å². The van der Waals surface area contributed by atoms with Gasteiger partial charge in [0, 0.05) is 18.0 Å². The van der Waals surface area contributed by atoms with E-state index >= 15 is 0 Å². The Morgan fingerprint density at radius 3 is 2.41 bits per heavy atom. The predicted molar refractivity (Wildman–Crippen MR) is 122 cm³/mol. The molecule has 3 aromatic rings. The zero-order valence-corrected chi connectivity index (χ0v) is 18.9. The van der Waals surface area contributed by atoms with Crippen molar-refractivity contribution in [3.63, 3.8) is 0 Å². The number of thiophene rings is 1. The molecule has 2 N–H and O–H groups in total. The monoisotopic (exact) mass is 458 g/mol. The van der Waals surface area contributed by atoms with Crippen molar-refractivity contribution in [2.45, 2.75) is 33.8 Å². The van der Waals surface area contributed by atoms with E-state index in [4.69, 9.17) is 9.47 Å². The van der Waals surface area contributed by atoms with Gasteiger partial charge in [-0.1, -0.05) is 12.1 Å². The second-order valence-corrected chi connectivity index (χ2v) is 8.07. The van der Waals surface area contributed by atoms with Crippen LogP contribution in [0.3, 0.4) is 0 Å². The Hall–Kier alpha value is -3.46. The lowest BCUT2D eigenvalue weighted by atomic mass is 10.1. The fourth-order valence-electron chi connectivity index (χ4n) is 3.04. The molecule has 0 aliphatic rings. The number of carbonyl (C=O) groups excluding carboxylic acids is 3. The first-order chi connectivity index (χ1) is 15.2. The molecule has 0 radical (unpaired) electrons. The fourth-order valence-corrected chi connectivity index (χ4v) is 4.32. The molecule has 1 atom stereocenters. The maximum atomic E-state index is 13.1. The van der Waals surface area contributed by atoms with Crippen LogP contribution >= 0.6 is 11.3 Å². The highest BCUT2D eigenvalue weighted by atomic mass is 32.1. The summed E-state index contributed by atoms with van der Waals surface area (Å²) in [7, 11) is 0. The van der Waals surface area contributed by atoms with Crippen LogP contribution in [-0.2, 0) is 14.3 Å². The Bertz CT molecular complexity index is 1170. The number of benzene rings is 2. The highest BCUT2D eigenvalue weighted by Gasteiger charge is 2.25. The molecule has 0 spiro atoms. The second kappa shape index (κ2) is 9.78. The second-order valence-electron chi connectivity index (χ2n) is 7.05. The molecule has 2 amide bonds. The molecule has 0 aliphatic carbocycles. The van der Waals surface area contributed by atoms with Crippen molar-refractivity contribution < 1.29 is 28.2 Å². The molecule has 0 saturated carbocycles. The van der Waals surface area contributed by atoms with E-state index in [1.54, 1.807) is 26.0 Å². The molecule has 32 heavy (non-hydrogen) atoms. The number of aryl methyl sites for hydroxylation is 1. The minimum absolute atomic E-state index is 0.186. The number of anilines is 2. The summed E-state index contributed by atoms with van der Waals surface area (Å²) in [5.41, 5.74) is 1.44. The predicted octanol–water partition coefficient (Wildman–Crippen LogP) is 4.89. The maximum absolute atomic E-state index is 13.1. The van der Waals surface area contributed by atoms with Crippen molar-refractivity contribution in [1.82, 2.24) is 0 Å². The number of carbonyl (C=O) groups is 3. The lowest BCUT2D eigenvalue weighted by molar-refractivity contribution is -0.122. The van der Waals surface area contributed by atoms with E-state index in [-0.39, 0.29) is 18.1 Å². The van der Waals surface area contributed by atoms with Gasteiger partial charge in [0.25, 0.3) is 5.91 Å². The van der Waals surface area contributed by atoms with Gasteiger partial charge < -0.3 is 20.1 Å². The van der Waals surface area contributed by atoms with Gasteiger partial charge >= 0.3 is 5.97 Å². The molecule has 1 aromatic heterocycles. The minimum Gasteiger partial charge on any atom is -0.479 e. The molecule has 1 heterocycles. The van der Waals surface area contributed by atoms with Gasteiger partial charge in [-0.25, -0.2) is 9.18 Å². The average molecular weight is 459 g/mol. The van der Waals surface area contributed by atoms with E-state index in [1.165, 1.54) is 42.5 Å². The molecule has 0 saturated heterocycles. The first-order valence-electron chi connectivity index (χ1n) is 9.95. The summed E-state index contributed by atoms with van der Waals surface area (Å²) in [6, 6.07) is 8.94. The topological polar surface area (TPSA) is 93.7 Å². The third-order valence-electron chi connectivity index (χ3n) is 4.55. The van der Waals surface area contributed by atoms with Crippen molar-refractivity contribution in [2.24, 2.45) is 0 Å². The normalized spacial score (nSPS) is 11.7. The number of ether oxygens (including phenoxy) is 2. The van der Waals surface area contributed by atoms with E-state index < -0.39 is 23.8 Å². The molecule has 0 bridgehead atoms. The summed E-state index contributed by atoms with van der Waals surface area (Å²) in [5, 5.41) is 6.26. The van der Waals surface area contributed by atoms with Crippen molar-refractivity contribution in [2.75, 3.05) is 17.2 Å². The van der Waals surface area contributed by atoms with E-state index in [1.807, 2.05) is 6.92 Å². The molecule has 9 heteroatoms. The molecular formula is C23H23FN2O5S. The number of rotatable bonds is 7. The van der Waals surface area contributed by atoms with Crippen molar-refractivity contribution >= 4 is 49.9 Å². The van der Waals surface area contributed by atoms with Crippen LogP contribution in [0.2, 0.25) is 0 Å². The SMILES string of the molecule is CCOC(=O)c1c(NC(C)=O)sc2c(O[C@@H](C)C(=O)Nc3ccc(F)cc3)c(C)ccc12. The number of hydrogen-bond acceptors (Lipinski definition) is 6. The van der Waals surface area contributed by atoms with Crippen LogP contribution < -0.4 is 15.4 Å². The Kier molecular flexibility index (Phi) is 7.09. The number of nitrogens with one attached hydrogen (secondary N) is 2. The Balaban J connectivity index is 1.95.